The van der Waals surface area contributed by atoms with Crippen LogP contribution in [-0.2, 0) is 9.59 Å². The van der Waals surface area contributed by atoms with Crippen molar-refractivity contribution in [3.63, 3.8) is 0 Å². The number of amides is 2. The molecule has 150 valence electrons. The summed E-state index contributed by atoms with van der Waals surface area (Å²) in [6, 6.07) is 14.7. The van der Waals surface area contributed by atoms with Crippen LogP contribution in [0.1, 0.15) is 6.92 Å². The summed E-state index contributed by atoms with van der Waals surface area (Å²) in [7, 11) is 5.50. The molecule has 2 amide bonds. The van der Waals surface area contributed by atoms with Crippen LogP contribution in [0.4, 0.5) is 11.4 Å². The summed E-state index contributed by atoms with van der Waals surface area (Å²) in [6.07, 6.45) is 0. The van der Waals surface area contributed by atoms with E-state index in [2.05, 4.69) is 5.32 Å². The third-order valence-corrected chi connectivity index (χ3v) is 4.14. The highest BCUT2D eigenvalue weighted by Crippen LogP contribution is 2.17. The largest absolute Gasteiger partial charge is 0.497 e. The highest BCUT2D eigenvalue weighted by molar-refractivity contribution is 5.94. The second kappa shape index (κ2) is 10.2. The lowest BCUT2D eigenvalue weighted by atomic mass is 10.2. The third-order valence-electron chi connectivity index (χ3n) is 4.14. The molecule has 0 saturated heterocycles. The molecule has 0 radical (unpaired) electrons. The Bertz CT molecular complexity index is 773. The third kappa shape index (κ3) is 6.50. The van der Waals surface area contributed by atoms with Gasteiger partial charge in [-0.3, -0.25) is 9.59 Å². The molecule has 0 heterocycles. The maximum Gasteiger partial charge on any atom is 0.243 e. The minimum atomic E-state index is -0.253. The van der Waals surface area contributed by atoms with Crippen molar-refractivity contribution in [2.24, 2.45) is 0 Å². The maximum atomic E-state index is 12.3. The molecule has 0 saturated carbocycles. The fourth-order valence-electron chi connectivity index (χ4n) is 2.51. The Morgan fingerprint density at radius 3 is 2.11 bits per heavy atom. The Hall–Kier alpha value is -3.22. The first kappa shape index (κ1) is 21.1. The lowest BCUT2D eigenvalue weighted by molar-refractivity contribution is -0.133. The van der Waals surface area contributed by atoms with Crippen molar-refractivity contribution in [3.8, 4) is 11.5 Å². The zero-order valence-corrected chi connectivity index (χ0v) is 16.8. The van der Waals surface area contributed by atoms with Gasteiger partial charge in [-0.1, -0.05) is 0 Å². The molecule has 2 rings (SSSR count). The van der Waals surface area contributed by atoms with Gasteiger partial charge in [0.2, 0.25) is 11.8 Å². The fraction of sp³-hybridized carbons (Fsp3) is 0.333. The molecule has 0 bridgehead atoms. The van der Waals surface area contributed by atoms with Gasteiger partial charge < -0.3 is 24.6 Å². The van der Waals surface area contributed by atoms with Crippen LogP contribution in [-0.4, -0.2) is 57.6 Å². The van der Waals surface area contributed by atoms with Crippen molar-refractivity contribution in [2.45, 2.75) is 6.92 Å². The van der Waals surface area contributed by atoms with Crippen molar-refractivity contribution in [3.05, 3.63) is 48.5 Å². The highest BCUT2D eigenvalue weighted by Gasteiger charge is 2.14. The average molecular weight is 385 g/mol. The van der Waals surface area contributed by atoms with E-state index in [9.17, 15) is 9.59 Å². The number of hydrogen-bond acceptors (Lipinski definition) is 5. The van der Waals surface area contributed by atoms with Gasteiger partial charge in [-0.25, -0.2) is 0 Å². The van der Waals surface area contributed by atoms with E-state index in [4.69, 9.17) is 9.47 Å². The molecule has 2 aromatic carbocycles. The molecule has 1 N–H and O–H groups in total. The smallest absolute Gasteiger partial charge is 0.243 e. The van der Waals surface area contributed by atoms with Gasteiger partial charge in [0.15, 0.2) is 0 Å². The SMILES string of the molecule is COc1ccc(OCCN(CC(=O)Nc2ccc(N(C)C)cc2)C(C)=O)cc1. The van der Waals surface area contributed by atoms with Crippen molar-refractivity contribution in [1.29, 1.82) is 0 Å². The molecule has 0 atom stereocenters. The van der Waals surface area contributed by atoms with Gasteiger partial charge in [0, 0.05) is 32.4 Å². The van der Waals surface area contributed by atoms with Crippen molar-refractivity contribution >= 4 is 23.2 Å². The van der Waals surface area contributed by atoms with E-state index in [1.54, 1.807) is 31.4 Å². The van der Waals surface area contributed by atoms with Crippen LogP contribution in [0.5, 0.6) is 11.5 Å². The Labute approximate surface area is 165 Å². The highest BCUT2D eigenvalue weighted by atomic mass is 16.5. The van der Waals surface area contributed by atoms with Gasteiger partial charge >= 0.3 is 0 Å². The zero-order valence-electron chi connectivity index (χ0n) is 16.8. The van der Waals surface area contributed by atoms with Gasteiger partial charge in [0.1, 0.15) is 18.1 Å². The van der Waals surface area contributed by atoms with E-state index >= 15 is 0 Å². The van der Waals surface area contributed by atoms with E-state index in [0.717, 1.165) is 11.4 Å². The number of nitrogens with one attached hydrogen (secondary N) is 1. The van der Waals surface area contributed by atoms with Gasteiger partial charge in [0.25, 0.3) is 0 Å². The second-order valence-corrected chi connectivity index (χ2v) is 6.45. The zero-order chi connectivity index (χ0) is 20.5. The number of carbonyl (C=O) groups is 2. The van der Waals surface area contributed by atoms with Crippen LogP contribution in [0.25, 0.3) is 0 Å². The Morgan fingerprint density at radius 1 is 0.964 bits per heavy atom. The Kier molecular flexibility index (Phi) is 7.68. The first-order chi connectivity index (χ1) is 13.4. The summed E-state index contributed by atoms with van der Waals surface area (Å²) in [5.74, 6) is 0.983. The van der Waals surface area contributed by atoms with Gasteiger partial charge in [-0.2, -0.15) is 0 Å². The molecule has 0 aliphatic carbocycles. The average Bonchev–Trinajstić information content (AvgIpc) is 2.68. The van der Waals surface area contributed by atoms with Gasteiger partial charge in [-0.05, 0) is 48.5 Å². The molecule has 0 fully saturated rings. The number of carbonyl (C=O) groups excluding carboxylic acids is 2. The lowest BCUT2D eigenvalue weighted by Gasteiger charge is -2.21. The van der Waals surface area contributed by atoms with Crippen LogP contribution in [0.15, 0.2) is 48.5 Å². The van der Waals surface area contributed by atoms with Crippen LogP contribution in [0.2, 0.25) is 0 Å². The predicted octanol–water partition coefficient (Wildman–Crippen LogP) is 2.63. The van der Waals surface area contributed by atoms with E-state index in [1.807, 2.05) is 43.3 Å². The lowest BCUT2D eigenvalue weighted by Crippen LogP contribution is -2.39. The van der Waals surface area contributed by atoms with Crippen LogP contribution in [0, 0.1) is 0 Å². The van der Waals surface area contributed by atoms with E-state index in [0.29, 0.717) is 18.0 Å². The number of nitrogens with zero attached hydrogens (tertiary/aromatic N) is 2. The van der Waals surface area contributed by atoms with Gasteiger partial charge in [-0.15, -0.1) is 0 Å². The number of benzene rings is 2. The van der Waals surface area contributed by atoms with E-state index in [-0.39, 0.29) is 25.0 Å². The monoisotopic (exact) mass is 385 g/mol. The normalized spacial score (nSPS) is 10.1. The molecule has 0 spiro atoms. The van der Waals surface area contributed by atoms with Crippen LogP contribution in [0.3, 0.4) is 0 Å². The summed E-state index contributed by atoms with van der Waals surface area (Å²) < 4.78 is 10.7. The Balaban J connectivity index is 1.83. The topological polar surface area (TPSA) is 71.1 Å². The summed E-state index contributed by atoms with van der Waals surface area (Å²) in [5, 5.41) is 2.81. The first-order valence-electron chi connectivity index (χ1n) is 8.98. The minimum Gasteiger partial charge on any atom is -0.497 e. The van der Waals surface area contributed by atoms with Crippen molar-refractivity contribution in [1.82, 2.24) is 4.90 Å². The molecule has 2 aromatic rings. The fourth-order valence-corrected chi connectivity index (χ4v) is 2.51. The standard InChI is InChI=1S/C21H27N3O4/c1-16(25)24(13-14-28-20-11-9-19(27-4)10-12-20)15-21(26)22-17-5-7-18(8-6-17)23(2)3/h5-12H,13-15H2,1-4H3,(H,22,26). The molecular weight excluding hydrogens is 358 g/mol. The first-order valence-corrected chi connectivity index (χ1v) is 8.98. The molecule has 0 aliphatic rings. The number of ether oxygens (including phenoxy) is 2. The van der Waals surface area contributed by atoms with Crippen LogP contribution < -0.4 is 19.7 Å². The summed E-state index contributed by atoms with van der Waals surface area (Å²) in [4.78, 5) is 27.6. The quantitative estimate of drug-likeness (QED) is 0.719. The molecule has 0 aliphatic heterocycles. The maximum absolute atomic E-state index is 12.3. The summed E-state index contributed by atoms with van der Waals surface area (Å²) >= 11 is 0. The molecule has 0 unspecified atom stereocenters. The number of methoxy groups -OCH3 is 1. The number of hydrogen-bond donors (Lipinski definition) is 1. The summed E-state index contributed by atoms with van der Waals surface area (Å²) in [5.41, 5.74) is 1.73. The minimum absolute atomic E-state index is 0.0310. The Morgan fingerprint density at radius 2 is 1.57 bits per heavy atom. The molecule has 7 nitrogen and oxygen atoms in total. The van der Waals surface area contributed by atoms with Gasteiger partial charge in [0.05, 0.1) is 20.2 Å². The summed E-state index contributed by atoms with van der Waals surface area (Å²) in [6.45, 7) is 2.01. The molecule has 28 heavy (non-hydrogen) atoms. The van der Waals surface area contributed by atoms with Crippen molar-refractivity contribution in [2.75, 3.05) is 51.1 Å². The molecular formula is C21H27N3O4. The van der Waals surface area contributed by atoms with Crippen LogP contribution >= 0.6 is 0 Å². The van der Waals surface area contributed by atoms with Crippen molar-refractivity contribution < 1.29 is 19.1 Å². The predicted molar refractivity (Wildman–Crippen MR) is 110 cm³/mol. The second-order valence-electron chi connectivity index (χ2n) is 6.45. The molecule has 7 heteroatoms. The molecule has 0 aromatic heterocycles. The number of rotatable bonds is 9. The van der Waals surface area contributed by atoms with E-state index in [1.165, 1.54) is 11.8 Å². The number of anilines is 2. The van der Waals surface area contributed by atoms with E-state index < -0.39 is 0 Å².